The van der Waals surface area contributed by atoms with Gasteiger partial charge in [0.2, 0.25) is 5.76 Å². The Morgan fingerprint density at radius 2 is 1.77 bits per heavy atom. The summed E-state index contributed by atoms with van der Waals surface area (Å²) in [5, 5.41) is 0.473. The van der Waals surface area contributed by atoms with Crippen LogP contribution in [0.4, 0.5) is 5.69 Å². The quantitative estimate of drug-likeness (QED) is 0.385. The van der Waals surface area contributed by atoms with Crippen molar-refractivity contribution in [2.75, 3.05) is 12.0 Å². The summed E-state index contributed by atoms with van der Waals surface area (Å²) >= 11 is 3.48. The number of rotatable bonds is 3. The number of hydrogen-bond donors (Lipinski definition) is 0. The first-order valence-electron chi connectivity index (χ1n) is 9.78. The van der Waals surface area contributed by atoms with Crippen molar-refractivity contribution in [3.8, 4) is 5.75 Å². The van der Waals surface area contributed by atoms with E-state index in [2.05, 4.69) is 15.9 Å². The zero-order chi connectivity index (χ0) is 21.7. The van der Waals surface area contributed by atoms with Gasteiger partial charge in [0.05, 0.1) is 24.1 Å². The maximum Gasteiger partial charge on any atom is 0.295 e. The molecule has 1 aromatic heterocycles. The molecular formula is C25H18BrNO4. The Bertz CT molecular complexity index is 1390. The fourth-order valence-corrected chi connectivity index (χ4v) is 4.47. The van der Waals surface area contributed by atoms with Crippen LogP contribution < -0.4 is 15.1 Å². The number of hydrogen-bond acceptors (Lipinski definition) is 4. The van der Waals surface area contributed by atoms with Crippen LogP contribution in [0, 0.1) is 6.92 Å². The molecule has 5 rings (SSSR count). The van der Waals surface area contributed by atoms with Gasteiger partial charge in [-0.15, -0.1) is 0 Å². The standard InChI is InChI=1S/C25H18BrNO4/c1-14-6-11-20-19(12-14)23(28)21-22(15-7-9-18(30-2)10-8-15)27(25(29)24(21)31-20)17-5-3-4-16(26)13-17/h3-13,22H,1-2H3. The van der Waals surface area contributed by atoms with Gasteiger partial charge in [-0.25, -0.2) is 0 Å². The van der Waals surface area contributed by atoms with Gasteiger partial charge in [-0.05, 0) is 55.0 Å². The van der Waals surface area contributed by atoms with Crippen LogP contribution in [0.25, 0.3) is 11.0 Å². The zero-order valence-corrected chi connectivity index (χ0v) is 18.5. The molecule has 0 spiro atoms. The van der Waals surface area contributed by atoms with Gasteiger partial charge in [0.1, 0.15) is 11.3 Å². The van der Waals surface area contributed by atoms with Crippen LogP contribution >= 0.6 is 15.9 Å². The number of ether oxygens (including phenoxy) is 1. The number of nitrogens with zero attached hydrogens (tertiary/aromatic N) is 1. The SMILES string of the molecule is COc1ccc(C2c3c(oc4ccc(C)cc4c3=O)C(=O)N2c2cccc(Br)c2)cc1. The Morgan fingerprint density at radius 3 is 2.48 bits per heavy atom. The highest BCUT2D eigenvalue weighted by atomic mass is 79.9. The number of amides is 1. The predicted molar refractivity (Wildman–Crippen MR) is 123 cm³/mol. The number of methoxy groups -OCH3 is 1. The van der Waals surface area contributed by atoms with E-state index in [1.165, 1.54) is 0 Å². The second-order valence-corrected chi connectivity index (χ2v) is 8.42. The third kappa shape index (κ3) is 3.15. The van der Waals surface area contributed by atoms with Gasteiger partial charge in [0.15, 0.2) is 5.43 Å². The normalized spacial score (nSPS) is 15.4. The van der Waals surface area contributed by atoms with Gasteiger partial charge < -0.3 is 9.15 Å². The van der Waals surface area contributed by atoms with Crippen molar-refractivity contribution in [3.63, 3.8) is 0 Å². The van der Waals surface area contributed by atoms with Crippen molar-refractivity contribution in [1.29, 1.82) is 0 Å². The first kappa shape index (κ1) is 19.6. The fourth-order valence-electron chi connectivity index (χ4n) is 4.08. The molecule has 1 aliphatic heterocycles. The Balaban J connectivity index is 1.80. The van der Waals surface area contributed by atoms with Crippen LogP contribution in [0.3, 0.4) is 0 Å². The monoisotopic (exact) mass is 475 g/mol. The molecule has 0 saturated carbocycles. The number of halogens is 1. The third-order valence-electron chi connectivity index (χ3n) is 5.54. The highest BCUT2D eigenvalue weighted by molar-refractivity contribution is 9.10. The van der Waals surface area contributed by atoms with E-state index in [9.17, 15) is 9.59 Å². The number of carbonyl (C=O) groups is 1. The minimum Gasteiger partial charge on any atom is -0.497 e. The van der Waals surface area contributed by atoms with E-state index >= 15 is 0 Å². The van der Waals surface area contributed by atoms with Gasteiger partial charge in [-0.3, -0.25) is 14.5 Å². The van der Waals surface area contributed by atoms with Crippen LogP contribution in [0.15, 0.2) is 80.4 Å². The second kappa shape index (κ2) is 7.39. The fraction of sp³-hybridized carbons (Fsp3) is 0.120. The van der Waals surface area contributed by atoms with E-state index in [-0.39, 0.29) is 17.1 Å². The smallest absolute Gasteiger partial charge is 0.295 e. The van der Waals surface area contributed by atoms with Crippen molar-refractivity contribution < 1.29 is 13.9 Å². The van der Waals surface area contributed by atoms with Crippen molar-refractivity contribution in [2.24, 2.45) is 0 Å². The average molecular weight is 476 g/mol. The number of carbonyl (C=O) groups excluding carboxylic acids is 1. The lowest BCUT2D eigenvalue weighted by atomic mass is 9.98. The van der Waals surface area contributed by atoms with Gasteiger partial charge in [0, 0.05) is 10.2 Å². The molecule has 0 bridgehead atoms. The predicted octanol–water partition coefficient (Wildman–Crippen LogP) is 5.62. The molecule has 5 nitrogen and oxygen atoms in total. The largest absolute Gasteiger partial charge is 0.497 e. The van der Waals surface area contributed by atoms with E-state index in [0.29, 0.717) is 28.0 Å². The molecule has 154 valence electrons. The van der Waals surface area contributed by atoms with E-state index in [1.807, 2.05) is 61.5 Å². The minimum atomic E-state index is -0.608. The molecule has 1 atom stereocenters. The van der Waals surface area contributed by atoms with Crippen molar-refractivity contribution in [2.45, 2.75) is 13.0 Å². The molecule has 1 amide bonds. The van der Waals surface area contributed by atoms with Crippen LogP contribution in [0.1, 0.15) is 33.3 Å². The molecule has 1 aliphatic rings. The number of aryl methyl sites for hydroxylation is 1. The first-order valence-corrected chi connectivity index (χ1v) is 10.6. The van der Waals surface area contributed by atoms with Crippen molar-refractivity contribution >= 4 is 38.5 Å². The van der Waals surface area contributed by atoms with Gasteiger partial charge in [-0.2, -0.15) is 0 Å². The summed E-state index contributed by atoms with van der Waals surface area (Å²) in [4.78, 5) is 28.7. The van der Waals surface area contributed by atoms with Gasteiger partial charge >= 0.3 is 0 Å². The Kier molecular flexibility index (Phi) is 4.67. The molecule has 31 heavy (non-hydrogen) atoms. The van der Waals surface area contributed by atoms with E-state index in [1.54, 1.807) is 24.1 Å². The van der Waals surface area contributed by atoms with Crippen molar-refractivity contribution in [1.82, 2.24) is 0 Å². The second-order valence-electron chi connectivity index (χ2n) is 7.50. The first-order chi connectivity index (χ1) is 15.0. The highest BCUT2D eigenvalue weighted by Gasteiger charge is 2.43. The maximum atomic E-state index is 13.6. The minimum absolute atomic E-state index is 0.0853. The molecule has 0 saturated heterocycles. The molecule has 1 unspecified atom stereocenters. The van der Waals surface area contributed by atoms with Crippen LogP contribution in [-0.4, -0.2) is 13.0 Å². The lowest BCUT2D eigenvalue weighted by Gasteiger charge is -2.25. The lowest BCUT2D eigenvalue weighted by Crippen LogP contribution is -2.29. The maximum absolute atomic E-state index is 13.6. The third-order valence-corrected chi connectivity index (χ3v) is 6.04. The van der Waals surface area contributed by atoms with E-state index in [0.717, 1.165) is 15.6 Å². The van der Waals surface area contributed by atoms with Crippen LogP contribution in [-0.2, 0) is 0 Å². The number of anilines is 1. The zero-order valence-electron chi connectivity index (χ0n) is 16.9. The van der Waals surface area contributed by atoms with Crippen LogP contribution in [0.2, 0.25) is 0 Å². The molecule has 6 heteroatoms. The van der Waals surface area contributed by atoms with Crippen molar-refractivity contribution in [3.05, 3.63) is 104 Å². The number of benzene rings is 3. The topological polar surface area (TPSA) is 59.8 Å². The van der Waals surface area contributed by atoms with Gasteiger partial charge in [0.25, 0.3) is 5.91 Å². The lowest BCUT2D eigenvalue weighted by molar-refractivity contribution is 0.0971. The molecule has 4 aromatic rings. The Morgan fingerprint density at radius 1 is 1.00 bits per heavy atom. The summed E-state index contributed by atoms with van der Waals surface area (Å²) in [6.07, 6.45) is 0. The van der Waals surface area contributed by atoms with Crippen LogP contribution in [0.5, 0.6) is 5.75 Å². The Hall–Kier alpha value is -3.38. The van der Waals surface area contributed by atoms with E-state index < -0.39 is 6.04 Å². The van der Waals surface area contributed by atoms with E-state index in [4.69, 9.17) is 9.15 Å². The molecule has 0 aliphatic carbocycles. The molecule has 2 heterocycles. The summed E-state index contributed by atoms with van der Waals surface area (Å²) in [5.41, 5.74) is 3.00. The molecule has 3 aromatic carbocycles. The summed E-state index contributed by atoms with van der Waals surface area (Å²) < 4.78 is 12.1. The Labute approximate surface area is 187 Å². The highest BCUT2D eigenvalue weighted by Crippen LogP contribution is 2.42. The summed E-state index contributed by atoms with van der Waals surface area (Å²) in [5.74, 6) is 0.444. The number of fused-ring (bicyclic) bond motifs is 2. The molecule has 0 fully saturated rings. The molecular weight excluding hydrogens is 458 g/mol. The molecule has 0 radical (unpaired) electrons. The van der Waals surface area contributed by atoms with Gasteiger partial charge in [-0.1, -0.05) is 45.8 Å². The summed E-state index contributed by atoms with van der Waals surface area (Å²) in [6, 6.07) is 19.6. The average Bonchev–Trinajstić information content (AvgIpc) is 3.07. The summed E-state index contributed by atoms with van der Waals surface area (Å²) in [6.45, 7) is 1.92. The summed E-state index contributed by atoms with van der Waals surface area (Å²) in [7, 11) is 1.60. The molecule has 0 N–H and O–H groups in total.